The van der Waals surface area contributed by atoms with E-state index >= 15 is 0 Å². The number of nitrogens with one attached hydrogen (secondary N) is 2. The summed E-state index contributed by atoms with van der Waals surface area (Å²) in [5.74, 6) is -0.759. The quantitative estimate of drug-likeness (QED) is 0.733. The first kappa shape index (κ1) is 16.1. The zero-order valence-corrected chi connectivity index (χ0v) is 12.7. The molecule has 120 valence electrons. The molecular formula is C15H27N3O3. The van der Waals surface area contributed by atoms with Gasteiger partial charge in [-0.1, -0.05) is 19.3 Å². The number of amides is 2. The molecule has 0 bridgehead atoms. The Hall–Kier alpha value is -1.30. The van der Waals surface area contributed by atoms with Crippen molar-refractivity contribution in [3.63, 3.8) is 0 Å². The predicted molar refractivity (Wildman–Crippen MR) is 80.2 cm³/mol. The highest BCUT2D eigenvalue weighted by Gasteiger charge is 2.35. The average Bonchev–Trinajstić information content (AvgIpc) is 2.74. The molecule has 0 aromatic rings. The summed E-state index contributed by atoms with van der Waals surface area (Å²) in [5.41, 5.74) is -0.246. The number of carboxylic acid groups (broad SMARTS) is 1. The molecule has 21 heavy (non-hydrogen) atoms. The van der Waals surface area contributed by atoms with Gasteiger partial charge in [0.1, 0.15) is 0 Å². The van der Waals surface area contributed by atoms with Crippen molar-refractivity contribution in [3.05, 3.63) is 0 Å². The second-order valence-corrected chi connectivity index (χ2v) is 6.38. The first-order valence-electron chi connectivity index (χ1n) is 8.07. The van der Waals surface area contributed by atoms with Gasteiger partial charge >= 0.3 is 12.0 Å². The maximum atomic E-state index is 12.3. The van der Waals surface area contributed by atoms with Crippen LogP contribution in [0.5, 0.6) is 0 Å². The van der Waals surface area contributed by atoms with E-state index in [-0.39, 0.29) is 17.9 Å². The second kappa shape index (κ2) is 7.64. The van der Waals surface area contributed by atoms with E-state index in [1.54, 1.807) is 0 Å². The minimum atomic E-state index is -0.759. The molecule has 2 amide bonds. The van der Waals surface area contributed by atoms with Crippen LogP contribution < -0.4 is 10.6 Å². The Labute approximate surface area is 126 Å². The number of carboxylic acids is 1. The summed E-state index contributed by atoms with van der Waals surface area (Å²) in [5, 5.41) is 15.4. The summed E-state index contributed by atoms with van der Waals surface area (Å²) in [4.78, 5) is 25.2. The molecule has 1 saturated heterocycles. The van der Waals surface area contributed by atoms with Crippen molar-refractivity contribution in [2.24, 2.45) is 5.41 Å². The lowest BCUT2D eigenvalue weighted by atomic mass is 9.72. The molecule has 0 aromatic heterocycles. The lowest BCUT2D eigenvalue weighted by molar-refractivity contribution is -0.140. The Bertz CT molecular complexity index is 359. The molecule has 6 heteroatoms. The standard InChI is InChI=1S/C15H27N3O3/c19-13(20)11-15(5-2-1-3-6-15)12-17-14(21)18-9-4-7-16-8-10-18/h16H,1-12H2,(H,17,21)(H,19,20). The van der Waals surface area contributed by atoms with Crippen molar-refractivity contribution in [1.29, 1.82) is 0 Å². The van der Waals surface area contributed by atoms with Crippen LogP contribution in [-0.4, -0.2) is 54.7 Å². The first-order valence-corrected chi connectivity index (χ1v) is 8.07. The molecule has 1 aliphatic carbocycles. The minimum Gasteiger partial charge on any atom is -0.481 e. The number of hydrogen-bond donors (Lipinski definition) is 3. The van der Waals surface area contributed by atoms with E-state index < -0.39 is 5.97 Å². The van der Waals surface area contributed by atoms with Crippen LogP contribution in [0.3, 0.4) is 0 Å². The molecule has 6 nitrogen and oxygen atoms in total. The fourth-order valence-electron chi connectivity index (χ4n) is 3.46. The maximum Gasteiger partial charge on any atom is 0.317 e. The Balaban J connectivity index is 1.88. The van der Waals surface area contributed by atoms with Gasteiger partial charge in [0, 0.05) is 26.2 Å². The van der Waals surface area contributed by atoms with Crippen LogP contribution >= 0.6 is 0 Å². The highest BCUT2D eigenvalue weighted by Crippen LogP contribution is 2.38. The van der Waals surface area contributed by atoms with E-state index in [1.807, 2.05) is 4.90 Å². The van der Waals surface area contributed by atoms with Crippen LogP contribution in [0.25, 0.3) is 0 Å². The summed E-state index contributed by atoms with van der Waals surface area (Å²) in [6.07, 6.45) is 6.24. The van der Waals surface area contributed by atoms with E-state index in [1.165, 1.54) is 6.42 Å². The molecule has 0 aromatic carbocycles. The number of carbonyl (C=O) groups excluding carboxylic acids is 1. The van der Waals surface area contributed by atoms with Gasteiger partial charge < -0.3 is 20.6 Å². The highest BCUT2D eigenvalue weighted by molar-refractivity contribution is 5.74. The van der Waals surface area contributed by atoms with Crippen LogP contribution in [0.1, 0.15) is 44.9 Å². The molecule has 3 N–H and O–H groups in total. The van der Waals surface area contributed by atoms with E-state index in [0.717, 1.165) is 58.3 Å². The van der Waals surface area contributed by atoms with Gasteiger partial charge in [-0.2, -0.15) is 0 Å². The zero-order valence-electron chi connectivity index (χ0n) is 12.7. The number of urea groups is 1. The van der Waals surface area contributed by atoms with E-state index in [4.69, 9.17) is 5.11 Å². The van der Waals surface area contributed by atoms with Gasteiger partial charge in [-0.05, 0) is 31.2 Å². The van der Waals surface area contributed by atoms with Crippen molar-refractivity contribution in [2.75, 3.05) is 32.7 Å². The fourth-order valence-corrected chi connectivity index (χ4v) is 3.46. The van der Waals surface area contributed by atoms with E-state index in [0.29, 0.717) is 6.54 Å². The molecule has 2 rings (SSSR count). The Morgan fingerprint density at radius 2 is 1.86 bits per heavy atom. The number of aliphatic carboxylic acids is 1. The van der Waals surface area contributed by atoms with E-state index in [9.17, 15) is 9.59 Å². The molecule has 0 atom stereocenters. The van der Waals surface area contributed by atoms with Crippen LogP contribution in [0.2, 0.25) is 0 Å². The van der Waals surface area contributed by atoms with Crippen molar-refractivity contribution in [2.45, 2.75) is 44.9 Å². The smallest absolute Gasteiger partial charge is 0.317 e. The summed E-state index contributed by atoms with van der Waals surface area (Å²) < 4.78 is 0. The largest absolute Gasteiger partial charge is 0.481 e. The molecule has 0 spiro atoms. The van der Waals surface area contributed by atoms with Crippen LogP contribution in [-0.2, 0) is 4.79 Å². The molecule has 1 heterocycles. The molecule has 0 unspecified atom stereocenters. The Morgan fingerprint density at radius 3 is 2.57 bits per heavy atom. The van der Waals surface area contributed by atoms with Crippen LogP contribution in [0.4, 0.5) is 4.79 Å². The molecule has 0 radical (unpaired) electrons. The third-order valence-corrected chi connectivity index (χ3v) is 4.68. The average molecular weight is 297 g/mol. The monoisotopic (exact) mass is 297 g/mol. The molecule has 2 aliphatic rings. The van der Waals surface area contributed by atoms with Crippen molar-refractivity contribution in [3.8, 4) is 0 Å². The summed E-state index contributed by atoms with van der Waals surface area (Å²) in [6, 6.07) is -0.0472. The van der Waals surface area contributed by atoms with Crippen molar-refractivity contribution < 1.29 is 14.7 Å². The summed E-state index contributed by atoms with van der Waals surface area (Å²) in [6.45, 7) is 3.75. The number of rotatable bonds is 4. The molecule has 2 fully saturated rings. The van der Waals surface area contributed by atoms with Gasteiger partial charge in [0.15, 0.2) is 0 Å². The van der Waals surface area contributed by atoms with E-state index in [2.05, 4.69) is 10.6 Å². The van der Waals surface area contributed by atoms with Gasteiger partial charge in [-0.3, -0.25) is 4.79 Å². The topological polar surface area (TPSA) is 81.7 Å². The molecular weight excluding hydrogens is 270 g/mol. The van der Waals surface area contributed by atoms with Crippen LogP contribution in [0, 0.1) is 5.41 Å². The summed E-state index contributed by atoms with van der Waals surface area (Å²) in [7, 11) is 0. The second-order valence-electron chi connectivity index (χ2n) is 6.38. The van der Waals surface area contributed by atoms with Gasteiger partial charge in [-0.15, -0.1) is 0 Å². The SMILES string of the molecule is O=C(O)CC1(CNC(=O)N2CCCNCC2)CCCCC1. The minimum absolute atomic E-state index is 0.0472. The van der Waals surface area contributed by atoms with Gasteiger partial charge in [-0.25, -0.2) is 4.79 Å². The Morgan fingerprint density at radius 1 is 1.10 bits per heavy atom. The molecule has 1 saturated carbocycles. The van der Waals surface area contributed by atoms with Gasteiger partial charge in [0.05, 0.1) is 6.42 Å². The number of carbonyl (C=O) groups is 2. The molecule has 1 aliphatic heterocycles. The fraction of sp³-hybridized carbons (Fsp3) is 0.867. The lowest BCUT2D eigenvalue weighted by Gasteiger charge is -2.36. The third kappa shape index (κ3) is 4.88. The predicted octanol–water partition coefficient (Wildman–Crippen LogP) is 1.42. The highest BCUT2D eigenvalue weighted by atomic mass is 16.4. The normalized spacial score (nSPS) is 22.4. The Kier molecular flexibility index (Phi) is 5.85. The van der Waals surface area contributed by atoms with Gasteiger partial charge in [0.25, 0.3) is 0 Å². The maximum absolute atomic E-state index is 12.3. The first-order chi connectivity index (χ1) is 10.1. The third-order valence-electron chi connectivity index (χ3n) is 4.68. The summed E-state index contributed by atoms with van der Waals surface area (Å²) >= 11 is 0. The lowest BCUT2D eigenvalue weighted by Crippen LogP contribution is -2.47. The van der Waals surface area contributed by atoms with Crippen molar-refractivity contribution in [1.82, 2.24) is 15.5 Å². The number of nitrogens with zero attached hydrogens (tertiary/aromatic N) is 1. The van der Waals surface area contributed by atoms with Crippen molar-refractivity contribution >= 4 is 12.0 Å². The van der Waals surface area contributed by atoms with Crippen LogP contribution in [0.15, 0.2) is 0 Å². The zero-order chi connectivity index (χ0) is 15.1. The van der Waals surface area contributed by atoms with Gasteiger partial charge in [0.2, 0.25) is 0 Å². The number of hydrogen-bond acceptors (Lipinski definition) is 3.